The highest BCUT2D eigenvalue weighted by molar-refractivity contribution is 5.77. The van der Waals surface area contributed by atoms with E-state index in [1.165, 1.54) is 5.56 Å². The molecule has 0 aliphatic carbocycles. The zero-order chi connectivity index (χ0) is 22.8. The Kier molecular flexibility index (Phi) is 6.07. The predicted molar refractivity (Wildman–Crippen MR) is 124 cm³/mol. The van der Waals surface area contributed by atoms with E-state index in [2.05, 4.69) is 22.8 Å². The smallest absolute Gasteiger partial charge is 0.317 e. The van der Waals surface area contributed by atoms with Crippen LogP contribution in [-0.4, -0.2) is 53.2 Å². The van der Waals surface area contributed by atoms with E-state index in [1.54, 1.807) is 4.90 Å². The van der Waals surface area contributed by atoms with Gasteiger partial charge in [-0.3, -0.25) is 4.79 Å². The summed E-state index contributed by atoms with van der Waals surface area (Å²) in [6, 6.07) is 9.20. The average Bonchev–Trinajstić information content (AvgIpc) is 3.25. The molecule has 2 amide bonds. The van der Waals surface area contributed by atoms with Gasteiger partial charge >= 0.3 is 12.0 Å². The van der Waals surface area contributed by atoms with Crippen LogP contribution in [-0.2, 0) is 24.1 Å². The number of hydrogen-bond acceptors (Lipinski definition) is 5. The Bertz CT molecular complexity index is 1050. The molecular formula is C25H30N4O4. The van der Waals surface area contributed by atoms with Crippen molar-refractivity contribution in [2.45, 2.75) is 44.6 Å². The van der Waals surface area contributed by atoms with Gasteiger partial charge in [-0.1, -0.05) is 18.2 Å². The Labute approximate surface area is 193 Å². The monoisotopic (exact) mass is 450 g/mol. The van der Waals surface area contributed by atoms with Crippen molar-refractivity contribution in [3.05, 3.63) is 52.7 Å². The van der Waals surface area contributed by atoms with Crippen LogP contribution in [0.25, 0.3) is 0 Å². The fourth-order valence-corrected chi connectivity index (χ4v) is 4.85. The van der Waals surface area contributed by atoms with Crippen LogP contribution in [0.3, 0.4) is 0 Å². The van der Waals surface area contributed by atoms with E-state index in [1.807, 2.05) is 18.2 Å². The molecule has 0 bridgehead atoms. The van der Waals surface area contributed by atoms with E-state index in [4.69, 9.17) is 9.72 Å². The third kappa shape index (κ3) is 4.89. The number of nitrogens with zero attached hydrogens (tertiary/aromatic N) is 2. The molecule has 0 saturated carbocycles. The lowest BCUT2D eigenvalue weighted by Gasteiger charge is -2.40. The maximum atomic E-state index is 12.8. The first-order valence-corrected chi connectivity index (χ1v) is 11.8. The number of benzene rings is 1. The van der Waals surface area contributed by atoms with Crippen LogP contribution < -0.4 is 15.4 Å². The summed E-state index contributed by atoms with van der Waals surface area (Å²) in [5.41, 5.74) is 4.26. The SMILES string of the molecule is O=C(O)C[C@H](NC(=O)N1CC(CCc2ccc3c(n2)NCCC3)C1)c1ccc2c(c1)OCC2. The van der Waals surface area contributed by atoms with Gasteiger partial charge in [0.2, 0.25) is 0 Å². The second-order valence-corrected chi connectivity index (χ2v) is 9.22. The highest BCUT2D eigenvalue weighted by Crippen LogP contribution is 2.30. The van der Waals surface area contributed by atoms with Gasteiger partial charge in [0.05, 0.1) is 19.1 Å². The molecule has 33 heavy (non-hydrogen) atoms. The van der Waals surface area contributed by atoms with Gasteiger partial charge in [0, 0.05) is 31.7 Å². The number of carbonyl (C=O) groups is 2. The minimum Gasteiger partial charge on any atom is -0.493 e. The van der Waals surface area contributed by atoms with Crippen LogP contribution in [0.5, 0.6) is 5.75 Å². The van der Waals surface area contributed by atoms with Crippen molar-refractivity contribution in [2.24, 2.45) is 5.92 Å². The van der Waals surface area contributed by atoms with Crippen molar-refractivity contribution in [1.82, 2.24) is 15.2 Å². The summed E-state index contributed by atoms with van der Waals surface area (Å²) in [6.45, 7) is 2.99. The van der Waals surface area contributed by atoms with Gasteiger partial charge in [-0.15, -0.1) is 0 Å². The van der Waals surface area contributed by atoms with Gasteiger partial charge in [0.25, 0.3) is 0 Å². The summed E-state index contributed by atoms with van der Waals surface area (Å²) in [5.74, 6) is 1.30. The fourth-order valence-electron chi connectivity index (χ4n) is 4.85. The molecular weight excluding hydrogens is 420 g/mol. The highest BCUT2D eigenvalue weighted by Gasteiger charge is 2.32. The number of aromatic nitrogens is 1. The van der Waals surface area contributed by atoms with Gasteiger partial charge in [-0.05, 0) is 60.4 Å². The second-order valence-electron chi connectivity index (χ2n) is 9.22. The molecule has 0 radical (unpaired) electrons. The van der Waals surface area contributed by atoms with E-state index in [9.17, 15) is 14.7 Å². The quantitative estimate of drug-likeness (QED) is 0.599. The van der Waals surface area contributed by atoms with Crippen molar-refractivity contribution in [3.63, 3.8) is 0 Å². The first-order chi connectivity index (χ1) is 16.0. The number of ether oxygens (including phenoxy) is 1. The molecule has 5 rings (SSSR count). The minimum absolute atomic E-state index is 0.167. The molecule has 2 aromatic rings. The molecule has 4 heterocycles. The number of fused-ring (bicyclic) bond motifs is 2. The number of rotatable bonds is 7. The summed E-state index contributed by atoms with van der Waals surface area (Å²) in [5, 5.41) is 15.6. The first kappa shape index (κ1) is 21.6. The maximum Gasteiger partial charge on any atom is 0.317 e. The molecule has 174 valence electrons. The number of anilines is 1. The lowest BCUT2D eigenvalue weighted by atomic mass is 9.93. The predicted octanol–water partition coefficient (Wildman–Crippen LogP) is 3.16. The molecule has 1 saturated heterocycles. The number of likely N-dealkylation sites (tertiary alicyclic amines) is 1. The van der Waals surface area contributed by atoms with E-state index in [0.29, 0.717) is 25.6 Å². The Morgan fingerprint density at radius 2 is 2.06 bits per heavy atom. The van der Waals surface area contributed by atoms with Crippen LogP contribution in [0.15, 0.2) is 30.3 Å². The molecule has 0 unspecified atom stereocenters. The first-order valence-electron chi connectivity index (χ1n) is 11.8. The number of carboxylic acids is 1. The van der Waals surface area contributed by atoms with Crippen LogP contribution in [0, 0.1) is 5.92 Å². The Hall–Kier alpha value is -3.29. The number of carbonyl (C=O) groups excluding carboxylic acids is 1. The topological polar surface area (TPSA) is 104 Å². The number of amides is 2. The van der Waals surface area contributed by atoms with E-state index >= 15 is 0 Å². The summed E-state index contributed by atoms with van der Waals surface area (Å²) in [7, 11) is 0. The van der Waals surface area contributed by atoms with Crippen LogP contribution in [0.1, 0.15) is 47.7 Å². The number of nitrogens with one attached hydrogen (secondary N) is 2. The van der Waals surface area contributed by atoms with Gasteiger partial charge in [0.15, 0.2) is 0 Å². The molecule has 3 aliphatic heterocycles. The zero-order valence-corrected chi connectivity index (χ0v) is 18.7. The molecule has 3 aliphatic rings. The summed E-state index contributed by atoms with van der Waals surface area (Å²) >= 11 is 0. The standard InChI is InChI=1S/C25H30N4O4/c30-23(31)13-21(19-5-4-17-9-11-33-22(17)12-19)28-25(32)29-14-16(15-29)3-7-20-8-6-18-2-1-10-26-24(18)27-20/h4-6,8,12,16,21H,1-3,7,9-11,13-15H2,(H,26,27)(H,28,32)(H,30,31)/t21-/m0/s1. The van der Waals surface area contributed by atoms with Gasteiger partial charge < -0.3 is 25.4 Å². The van der Waals surface area contributed by atoms with Crippen LogP contribution in [0.2, 0.25) is 0 Å². The van der Waals surface area contributed by atoms with Crippen molar-refractivity contribution >= 4 is 17.8 Å². The Balaban J connectivity index is 1.13. The average molecular weight is 451 g/mol. The molecule has 8 nitrogen and oxygen atoms in total. The van der Waals surface area contributed by atoms with E-state index < -0.39 is 12.0 Å². The molecule has 1 atom stereocenters. The van der Waals surface area contributed by atoms with Crippen molar-refractivity contribution < 1.29 is 19.4 Å². The fraction of sp³-hybridized carbons (Fsp3) is 0.480. The maximum absolute atomic E-state index is 12.8. The molecule has 1 aromatic heterocycles. The third-order valence-corrected chi connectivity index (χ3v) is 6.80. The van der Waals surface area contributed by atoms with Crippen LogP contribution >= 0.6 is 0 Å². The molecule has 3 N–H and O–H groups in total. The van der Waals surface area contributed by atoms with Gasteiger partial charge in [-0.25, -0.2) is 9.78 Å². The largest absolute Gasteiger partial charge is 0.493 e. The van der Waals surface area contributed by atoms with Crippen molar-refractivity contribution in [1.29, 1.82) is 0 Å². The third-order valence-electron chi connectivity index (χ3n) is 6.80. The lowest BCUT2D eigenvalue weighted by molar-refractivity contribution is -0.137. The number of pyridine rings is 1. The van der Waals surface area contributed by atoms with E-state index in [0.717, 1.165) is 67.0 Å². The molecule has 8 heteroatoms. The number of hydrogen-bond donors (Lipinski definition) is 3. The van der Waals surface area contributed by atoms with Gasteiger partial charge in [-0.2, -0.15) is 0 Å². The van der Waals surface area contributed by atoms with Crippen molar-refractivity contribution in [2.75, 3.05) is 31.6 Å². The van der Waals surface area contributed by atoms with E-state index in [-0.39, 0.29) is 12.5 Å². The Morgan fingerprint density at radius 3 is 2.91 bits per heavy atom. The minimum atomic E-state index is -0.949. The molecule has 1 fully saturated rings. The van der Waals surface area contributed by atoms with Crippen LogP contribution in [0.4, 0.5) is 10.6 Å². The highest BCUT2D eigenvalue weighted by atomic mass is 16.5. The zero-order valence-electron chi connectivity index (χ0n) is 18.7. The summed E-state index contributed by atoms with van der Waals surface area (Å²) < 4.78 is 5.61. The summed E-state index contributed by atoms with van der Waals surface area (Å²) in [6.07, 6.45) is 4.81. The number of carboxylic acid groups (broad SMARTS) is 1. The molecule has 0 spiro atoms. The number of aliphatic carboxylic acids is 1. The normalized spacial score (nSPS) is 17.8. The Morgan fingerprint density at radius 1 is 1.21 bits per heavy atom. The number of urea groups is 1. The number of aryl methyl sites for hydroxylation is 2. The molecule has 1 aromatic carbocycles. The van der Waals surface area contributed by atoms with Gasteiger partial charge in [0.1, 0.15) is 11.6 Å². The second kappa shape index (κ2) is 9.29. The summed E-state index contributed by atoms with van der Waals surface area (Å²) in [4.78, 5) is 30.7. The van der Waals surface area contributed by atoms with Crippen molar-refractivity contribution in [3.8, 4) is 5.75 Å². The lowest BCUT2D eigenvalue weighted by Crippen LogP contribution is -2.54.